The van der Waals surface area contributed by atoms with Crippen molar-refractivity contribution in [2.45, 2.75) is 0 Å². The zero-order chi connectivity index (χ0) is 15.9. The molecule has 3 rings (SSSR count). The standard InChI is InChI=1S/C21H15NO/c23-21(19-11-5-2-6-12-19)22-20-13-7-10-18(16-20)15-14-17-8-3-1-4-9-17/h1-13,16H,(H,22,23). The summed E-state index contributed by atoms with van der Waals surface area (Å²) in [4.78, 5) is 12.2. The Morgan fingerprint density at radius 3 is 2.04 bits per heavy atom. The Hall–Kier alpha value is -3.31. The Kier molecular flexibility index (Phi) is 4.52. The Morgan fingerprint density at radius 2 is 1.30 bits per heavy atom. The molecule has 3 aromatic rings. The van der Waals surface area contributed by atoms with E-state index in [0.29, 0.717) is 5.56 Å². The number of carbonyl (C=O) groups is 1. The van der Waals surface area contributed by atoms with Crippen LogP contribution in [-0.2, 0) is 0 Å². The maximum atomic E-state index is 12.2. The van der Waals surface area contributed by atoms with Gasteiger partial charge in [0.15, 0.2) is 0 Å². The molecular formula is C21H15NO. The topological polar surface area (TPSA) is 29.1 Å². The quantitative estimate of drug-likeness (QED) is 0.700. The monoisotopic (exact) mass is 297 g/mol. The van der Waals surface area contributed by atoms with Gasteiger partial charge in [0, 0.05) is 22.4 Å². The van der Waals surface area contributed by atoms with Gasteiger partial charge < -0.3 is 5.32 Å². The summed E-state index contributed by atoms with van der Waals surface area (Å²) in [5.41, 5.74) is 3.19. The number of nitrogens with one attached hydrogen (secondary N) is 1. The van der Waals surface area contributed by atoms with Crippen LogP contribution in [-0.4, -0.2) is 5.91 Å². The lowest BCUT2D eigenvalue weighted by Gasteiger charge is -2.05. The van der Waals surface area contributed by atoms with E-state index in [2.05, 4.69) is 17.2 Å². The van der Waals surface area contributed by atoms with Gasteiger partial charge in [-0.1, -0.05) is 54.3 Å². The van der Waals surface area contributed by atoms with Crippen LogP contribution in [0.25, 0.3) is 0 Å². The van der Waals surface area contributed by atoms with Crippen LogP contribution in [0.4, 0.5) is 5.69 Å². The Morgan fingerprint density at radius 1 is 0.696 bits per heavy atom. The molecule has 1 amide bonds. The largest absolute Gasteiger partial charge is 0.322 e. The van der Waals surface area contributed by atoms with E-state index in [-0.39, 0.29) is 5.91 Å². The highest BCUT2D eigenvalue weighted by Gasteiger charge is 2.04. The third-order valence-electron chi connectivity index (χ3n) is 3.28. The van der Waals surface area contributed by atoms with Crippen molar-refractivity contribution >= 4 is 11.6 Å². The first-order valence-electron chi connectivity index (χ1n) is 7.35. The van der Waals surface area contributed by atoms with E-state index < -0.39 is 0 Å². The molecule has 0 heterocycles. The molecule has 0 bridgehead atoms. The van der Waals surface area contributed by atoms with Crippen LogP contribution in [0.5, 0.6) is 0 Å². The summed E-state index contributed by atoms with van der Waals surface area (Å²) in [6.07, 6.45) is 0. The van der Waals surface area contributed by atoms with Crippen LogP contribution in [0.2, 0.25) is 0 Å². The van der Waals surface area contributed by atoms with Gasteiger partial charge in [-0.05, 0) is 42.5 Å². The molecule has 0 spiro atoms. The van der Waals surface area contributed by atoms with Gasteiger partial charge >= 0.3 is 0 Å². The number of benzene rings is 3. The predicted molar refractivity (Wildman–Crippen MR) is 93.3 cm³/mol. The van der Waals surface area contributed by atoms with E-state index in [0.717, 1.165) is 16.8 Å². The summed E-state index contributed by atoms with van der Waals surface area (Å²) in [6.45, 7) is 0. The summed E-state index contributed by atoms with van der Waals surface area (Å²) in [7, 11) is 0. The van der Waals surface area contributed by atoms with Gasteiger partial charge in [-0.15, -0.1) is 0 Å². The molecule has 2 nitrogen and oxygen atoms in total. The van der Waals surface area contributed by atoms with Gasteiger partial charge in [0.25, 0.3) is 5.91 Å². The van der Waals surface area contributed by atoms with E-state index in [9.17, 15) is 4.79 Å². The van der Waals surface area contributed by atoms with E-state index in [4.69, 9.17) is 0 Å². The fourth-order valence-electron chi connectivity index (χ4n) is 2.13. The van der Waals surface area contributed by atoms with Crippen LogP contribution in [0.1, 0.15) is 21.5 Å². The summed E-state index contributed by atoms with van der Waals surface area (Å²) < 4.78 is 0. The van der Waals surface area contributed by atoms with Crippen molar-refractivity contribution in [2.24, 2.45) is 0 Å². The van der Waals surface area contributed by atoms with Gasteiger partial charge in [0.1, 0.15) is 0 Å². The number of hydrogen-bond acceptors (Lipinski definition) is 1. The lowest BCUT2D eigenvalue weighted by atomic mass is 10.1. The summed E-state index contributed by atoms with van der Waals surface area (Å²) in [6, 6.07) is 26.5. The third-order valence-corrected chi connectivity index (χ3v) is 3.28. The SMILES string of the molecule is O=C(Nc1cccc(C#Cc2ccccc2)c1)c1ccccc1. The summed E-state index contributed by atoms with van der Waals surface area (Å²) in [5.74, 6) is 6.10. The lowest BCUT2D eigenvalue weighted by molar-refractivity contribution is 0.102. The average molecular weight is 297 g/mol. The first-order valence-corrected chi connectivity index (χ1v) is 7.35. The minimum Gasteiger partial charge on any atom is -0.322 e. The van der Waals surface area contributed by atoms with Crippen LogP contribution in [0.3, 0.4) is 0 Å². The van der Waals surface area contributed by atoms with Crippen molar-refractivity contribution in [1.82, 2.24) is 0 Å². The number of hydrogen-bond donors (Lipinski definition) is 1. The molecule has 0 aromatic heterocycles. The summed E-state index contributed by atoms with van der Waals surface area (Å²) in [5, 5.41) is 2.89. The third kappa shape index (κ3) is 4.09. The molecule has 0 radical (unpaired) electrons. The molecule has 1 N–H and O–H groups in total. The maximum Gasteiger partial charge on any atom is 0.255 e. The number of anilines is 1. The van der Waals surface area contributed by atoms with Gasteiger partial charge in [0.2, 0.25) is 0 Å². The van der Waals surface area contributed by atoms with Gasteiger partial charge in [-0.3, -0.25) is 4.79 Å². The Labute approximate surface area is 135 Å². The first-order chi connectivity index (χ1) is 11.3. The van der Waals surface area contributed by atoms with E-state index in [1.165, 1.54) is 0 Å². The smallest absolute Gasteiger partial charge is 0.255 e. The number of carbonyl (C=O) groups excluding carboxylic acids is 1. The fourth-order valence-corrected chi connectivity index (χ4v) is 2.13. The van der Waals surface area contributed by atoms with Crippen LogP contribution in [0.15, 0.2) is 84.9 Å². The van der Waals surface area contributed by atoms with E-state index in [1.807, 2.05) is 72.8 Å². The molecule has 0 aliphatic carbocycles. The van der Waals surface area contributed by atoms with Crippen molar-refractivity contribution in [3.63, 3.8) is 0 Å². The fraction of sp³-hybridized carbons (Fsp3) is 0. The molecule has 0 fully saturated rings. The number of rotatable bonds is 2. The summed E-state index contributed by atoms with van der Waals surface area (Å²) >= 11 is 0. The molecule has 3 aromatic carbocycles. The van der Waals surface area contributed by atoms with Gasteiger partial charge in [-0.2, -0.15) is 0 Å². The highest BCUT2D eigenvalue weighted by molar-refractivity contribution is 6.04. The van der Waals surface area contributed by atoms with Crippen LogP contribution in [0, 0.1) is 11.8 Å². The van der Waals surface area contributed by atoms with Crippen LogP contribution < -0.4 is 5.32 Å². The molecule has 0 aliphatic heterocycles. The minimum atomic E-state index is -0.126. The van der Waals surface area contributed by atoms with Crippen molar-refractivity contribution in [3.05, 3.63) is 102 Å². The lowest BCUT2D eigenvalue weighted by Crippen LogP contribution is -2.11. The Bertz CT molecular complexity index is 858. The van der Waals surface area contributed by atoms with Crippen molar-refractivity contribution in [1.29, 1.82) is 0 Å². The molecule has 0 unspecified atom stereocenters. The molecule has 0 saturated heterocycles. The van der Waals surface area contributed by atoms with Crippen molar-refractivity contribution in [3.8, 4) is 11.8 Å². The van der Waals surface area contributed by atoms with E-state index >= 15 is 0 Å². The minimum absolute atomic E-state index is 0.126. The van der Waals surface area contributed by atoms with Crippen LogP contribution >= 0.6 is 0 Å². The number of amides is 1. The second kappa shape index (κ2) is 7.11. The van der Waals surface area contributed by atoms with E-state index in [1.54, 1.807) is 12.1 Å². The molecular weight excluding hydrogens is 282 g/mol. The average Bonchev–Trinajstić information content (AvgIpc) is 2.62. The normalized spacial score (nSPS) is 9.57. The zero-order valence-corrected chi connectivity index (χ0v) is 12.5. The maximum absolute atomic E-state index is 12.2. The molecule has 23 heavy (non-hydrogen) atoms. The second-order valence-electron chi connectivity index (χ2n) is 5.02. The second-order valence-corrected chi connectivity index (χ2v) is 5.02. The van der Waals surface area contributed by atoms with Gasteiger partial charge in [-0.25, -0.2) is 0 Å². The van der Waals surface area contributed by atoms with Crippen molar-refractivity contribution < 1.29 is 4.79 Å². The molecule has 0 atom stereocenters. The predicted octanol–water partition coefficient (Wildman–Crippen LogP) is 4.34. The highest BCUT2D eigenvalue weighted by atomic mass is 16.1. The first kappa shape index (κ1) is 14.6. The Balaban J connectivity index is 1.76. The van der Waals surface area contributed by atoms with Gasteiger partial charge in [0.05, 0.1) is 0 Å². The molecule has 0 aliphatic rings. The van der Waals surface area contributed by atoms with Crippen molar-refractivity contribution in [2.75, 3.05) is 5.32 Å². The molecule has 0 saturated carbocycles. The molecule has 2 heteroatoms. The zero-order valence-electron chi connectivity index (χ0n) is 12.5. The highest BCUT2D eigenvalue weighted by Crippen LogP contribution is 2.12. The molecule has 110 valence electrons.